The highest BCUT2D eigenvalue weighted by molar-refractivity contribution is 9.10. The molecule has 0 radical (unpaired) electrons. The van der Waals surface area contributed by atoms with Gasteiger partial charge in [-0.1, -0.05) is 12.2 Å². The highest BCUT2D eigenvalue weighted by Crippen LogP contribution is 2.35. The molecule has 0 bridgehead atoms. The molecule has 1 atom stereocenters. The van der Waals surface area contributed by atoms with E-state index in [1.165, 1.54) is 22.4 Å². The molecule has 0 fully saturated rings. The summed E-state index contributed by atoms with van der Waals surface area (Å²) in [5.74, 6) is 0. The molecular formula is C14H15BrN2. The highest BCUT2D eigenvalue weighted by atomic mass is 79.9. The van der Waals surface area contributed by atoms with Crippen LogP contribution in [0.2, 0.25) is 0 Å². The van der Waals surface area contributed by atoms with Crippen LogP contribution in [0.1, 0.15) is 24.6 Å². The summed E-state index contributed by atoms with van der Waals surface area (Å²) in [6.07, 6.45) is 8.62. The summed E-state index contributed by atoms with van der Waals surface area (Å²) in [6.45, 7) is 3.27. The van der Waals surface area contributed by atoms with E-state index in [4.69, 9.17) is 0 Å². The van der Waals surface area contributed by atoms with Crippen LogP contribution in [-0.4, -0.2) is 17.6 Å². The van der Waals surface area contributed by atoms with E-state index >= 15 is 0 Å². The zero-order valence-electron chi connectivity index (χ0n) is 9.83. The van der Waals surface area contributed by atoms with Crippen LogP contribution in [0.4, 0.5) is 0 Å². The van der Waals surface area contributed by atoms with Crippen LogP contribution in [0.3, 0.4) is 0 Å². The number of nitrogens with one attached hydrogen (secondary N) is 1. The third kappa shape index (κ3) is 2.09. The third-order valence-corrected chi connectivity index (χ3v) is 3.82. The number of allylic oxidation sites excluding steroid dienone is 2. The number of halogens is 1. The van der Waals surface area contributed by atoms with Gasteiger partial charge >= 0.3 is 0 Å². The van der Waals surface area contributed by atoms with Crippen LogP contribution in [-0.2, 0) is 6.42 Å². The molecule has 2 aliphatic rings. The molecule has 2 heterocycles. The van der Waals surface area contributed by atoms with E-state index in [1.54, 1.807) is 0 Å². The average Bonchev–Trinajstić information content (AvgIpc) is 2.71. The Hall–Kier alpha value is -0.930. The van der Waals surface area contributed by atoms with Crippen LogP contribution in [0.15, 0.2) is 34.5 Å². The van der Waals surface area contributed by atoms with E-state index in [9.17, 15) is 0 Å². The van der Waals surface area contributed by atoms with Gasteiger partial charge in [0.05, 0.1) is 5.69 Å². The zero-order valence-corrected chi connectivity index (χ0v) is 11.4. The molecular weight excluding hydrogens is 276 g/mol. The molecule has 3 heteroatoms. The van der Waals surface area contributed by atoms with Gasteiger partial charge in [-0.25, -0.2) is 0 Å². The number of pyridine rings is 1. The van der Waals surface area contributed by atoms with Gasteiger partial charge in [0.15, 0.2) is 0 Å². The van der Waals surface area contributed by atoms with Gasteiger partial charge in [0, 0.05) is 28.7 Å². The van der Waals surface area contributed by atoms with Crippen LogP contribution in [0, 0.1) is 0 Å². The summed E-state index contributed by atoms with van der Waals surface area (Å²) in [6, 6.07) is 2.66. The maximum Gasteiger partial charge on any atom is 0.0520 e. The predicted molar refractivity (Wildman–Crippen MR) is 73.8 cm³/mol. The van der Waals surface area contributed by atoms with Crippen LogP contribution >= 0.6 is 15.9 Å². The van der Waals surface area contributed by atoms with Crippen LogP contribution < -0.4 is 5.32 Å². The summed E-state index contributed by atoms with van der Waals surface area (Å²) < 4.78 is 1.06. The Morgan fingerprint density at radius 1 is 1.47 bits per heavy atom. The van der Waals surface area contributed by atoms with Gasteiger partial charge in [-0.05, 0) is 53.0 Å². The van der Waals surface area contributed by atoms with E-state index in [-0.39, 0.29) is 0 Å². The van der Waals surface area contributed by atoms with Crippen molar-refractivity contribution in [2.24, 2.45) is 0 Å². The summed E-state index contributed by atoms with van der Waals surface area (Å²) in [5, 5.41) is 3.44. The Morgan fingerprint density at radius 2 is 2.35 bits per heavy atom. The van der Waals surface area contributed by atoms with Crippen molar-refractivity contribution >= 4 is 21.5 Å². The summed E-state index contributed by atoms with van der Waals surface area (Å²) in [7, 11) is 0. The Bertz CT molecular complexity index is 517. The number of hydrogen-bond acceptors (Lipinski definition) is 2. The molecule has 1 unspecified atom stereocenters. The summed E-state index contributed by atoms with van der Waals surface area (Å²) in [5.41, 5.74) is 5.37. The first-order valence-corrected chi connectivity index (χ1v) is 6.83. The standard InChI is InChI=1S/C14H15BrN2/c1-9-6-10(4-5-16-9)12-2-3-14-13(12)7-11(15)8-17-14/h2,6-9,16H,3-5H2,1H3. The lowest BCUT2D eigenvalue weighted by Crippen LogP contribution is -2.29. The lowest BCUT2D eigenvalue weighted by molar-refractivity contribution is 0.604. The lowest BCUT2D eigenvalue weighted by Gasteiger charge is -2.21. The van der Waals surface area contributed by atoms with Crippen molar-refractivity contribution in [3.63, 3.8) is 0 Å². The van der Waals surface area contributed by atoms with Crippen molar-refractivity contribution in [2.45, 2.75) is 25.8 Å². The first kappa shape index (κ1) is 11.2. The Kier molecular flexibility index (Phi) is 2.89. The van der Waals surface area contributed by atoms with Crippen molar-refractivity contribution < 1.29 is 0 Å². The van der Waals surface area contributed by atoms with E-state index in [0.29, 0.717) is 6.04 Å². The molecule has 0 aromatic carbocycles. The van der Waals surface area contributed by atoms with E-state index in [2.05, 4.69) is 51.4 Å². The first-order chi connectivity index (χ1) is 8.24. The monoisotopic (exact) mass is 290 g/mol. The minimum Gasteiger partial charge on any atom is -0.310 e. The van der Waals surface area contributed by atoms with Crippen LogP contribution in [0.25, 0.3) is 5.57 Å². The number of nitrogens with zero attached hydrogens (tertiary/aromatic N) is 1. The van der Waals surface area contributed by atoms with E-state index in [0.717, 1.165) is 23.9 Å². The normalized spacial score (nSPS) is 23.1. The molecule has 1 aromatic heterocycles. The number of aromatic nitrogens is 1. The molecule has 0 saturated carbocycles. The molecule has 17 heavy (non-hydrogen) atoms. The minimum absolute atomic E-state index is 0.476. The van der Waals surface area contributed by atoms with Crippen molar-refractivity contribution in [3.8, 4) is 0 Å². The smallest absolute Gasteiger partial charge is 0.0520 e. The molecule has 1 N–H and O–H groups in total. The second-order valence-corrected chi connectivity index (χ2v) is 5.57. The minimum atomic E-state index is 0.476. The van der Waals surface area contributed by atoms with Crippen LogP contribution in [0.5, 0.6) is 0 Å². The summed E-state index contributed by atoms with van der Waals surface area (Å²) in [4.78, 5) is 4.48. The lowest BCUT2D eigenvalue weighted by atomic mass is 9.94. The fraction of sp³-hybridized carbons (Fsp3) is 0.357. The molecule has 1 aliphatic carbocycles. The molecule has 1 aliphatic heterocycles. The SMILES string of the molecule is CC1C=C(C2=CCc3ncc(Br)cc32)CCN1. The maximum atomic E-state index is 4.48. The molecule has 0 spiro atoms. The van der Waals surface area contributed by atoms with Gasteiger partial charge in [0.25, 0.3) is 0 Å². The van der Waals surface area contributed by atoms with E-state index in [1.807, 2.05) is 6.20 Å². The fourth-order valence-corrected chi connectivity index (χ4v) is 2.91. The molecule has 3 rings (SSSR count). The van der Waals surface area contributed by atoms with Crippen molar-refractivity contribution in [1.82, 2.24) is 10.3 Å². The first-order valence-electron chi connectivity index (χ1n) is 6.03. The summed E-state index contributed by atoms with van der Waals surface area (Å²) >= 11 is 3.51. The average molecular weight is 291 g/mol. The van der Waals surface area contributed by atoms with E-state index < -0.39 is 0 Å². The molecule has 1 aromatic rings. The van der Waals surface area contributed by atoms with Crippen molar-refractivity contribution in [1.29, 1.82) is 0 Å². The zero-order chi connectivity index (χ0) is 11.8. The maximum absolute atomic E-state index is 4.48. The largest absolute Gasteiger partial charge is 0.310 e. The van der Waals surface area contributed by atoms with Gasteiger partial charge in [-0.3, -0.25) is 4.98 Å². The number of hydrogen-bond donors (Lipinski definition) is 1. The van der Waals surface area contributed by atoms with Gasteiger partial charge < -0.3 is 5.32 Å². The second kappa shape index (κ2) is 4.39. The Morgan fingerprint density at radius 3 is 3.18 bits per heavy atom. The molecule has 2 nitrogen and oxygen atoms in total. The Balaban J connectivity index is 2.00. The van der Waals surface area contributed by atoms with Gasteiger partial charge in [-0.2, -0.15) is 0 Å². The quantitative estimate of drug-likeness (QED) is 0.860. The predicted octanol–water partition coefficient (Wildman–Crippen LogP) is 3.09. The van der Waals surface area contributed by atoms with Gasteiger partial charge in [0.2, 0.25) is 0 Å². The van der Waals surface area contributed by atoms with Gasteiger partial charge in [0.1, 0.15) is 0 Å². The van der Waals surface area contributed by atoms with Gasteiger partial charge in [-0.15, -0.1) is 0 Å². The molecule has 88 valence electrons. The molecule has 0 saturated heterocycles. The number of rotatable bonds is 1. The fourth-order valence-electron chi connectivity index (χ4n) is 2.58. The topological polar surface area (TPSA) is 24.9 Å². The highest BCUT2D eigenvalue weighted by Gasteiger charge is 2.20. The number of fused-ring (bicyclic) bond motifs is 1. The Labute approximate surface area is 110 Å². The van der Waals surface area contributed by atoms with Crippen molar-refractivity contribution in [3.05, 3.63) is 45.7 Å². The van der Waals surface area contributed by atoms with Crippen molar-refractivity contribution in [2.75, 3.05) is 6.54 Å². The second-order valence-electron chi connectivity index (χ2n) is 4.65. The third-order valence-electron chi connectivity index (χ3n) is 3.38. The molecule has 0 amide bonds.